The van der Waals surface area contributed by atoms with Crippen LogP contribution < -0.4 is 0 Å². The minimum absolute atomic E-state index is 0.671. The molecular weight excluding hydrogens is 160 g/mol. The maximum atomic E-state index is 4.31. The molecular formula is C11H17N2. The summed E-state index contributed by atoms with van der Waals surface area (Å²) in [6.07, 6.45) is 5.77. The van der Waals surface area contributed by atoms with E-state index in [0.29, 0.717) is 5.92 Å². The van der Waals surface area contributed by atoms with Gasteiger partial charge in [-0.15, -0.1) is 0 Å². The van der Waals surface area contributed by atoms with E-state index in [1.54, 1.807) is 0 Å². The average molecular weight is 177 g/mol. The van der Waals surface area contributed by atoms with E-state index >= 15 is 0 Å². The predicted molar refractivity (Wildman–Crippen MR) is 52.6 cm³/mol. The highest BCUT2D eigenvalue weighted by Gasteiger charge is 2.29. The summed E-state index contributed by atoms with van der Waals surface area (Å²) in [5, 5.41) is 4.31. The molecule has 13 heavy (non-hydrogen) atoms. The van der Waals surface area contributed by atoms with Crippen LogP contribution >= 0.6 is 0 Å². The Morgan fingerprint density at radius 3 is 2.77 bits per heavy atom. The maximum absolute atomic E-state index is 4.31. The summed E-state index contributed by atoms with van der Waals surface area (Å²) >= 11 is 0. The normalized spacial score (nSPS) is 16.9. The second kappa shape index (κ2) is 3.17. The van der Waals surface area contributed by atoms with Gasteiger partial charge in [-0.25, -0.2) is 0 Å². The highest BCUT2D eigenvalue weighted by molar-refractivity contribution is 5.23. The third-order valence-corrected chi connectivity index (χ3v) is 2.50. The molecule has 0 atom stereocenters. The first-order chi connectivity index (χ1) is 6.18. The topological polar surface area (TPSA) is 17.8 Å². The van der Waals surface area contributed by atoms with E-state index in [4.69, 9.17) is 0 Å². The van der Waals surface area contributed by atoms with E-state index in [-0.39, 0.29) is 0 Å². The summed E-state index contributed by atoms with van der Waals surface area (Å²) in [4.78, 5) is 0. The van der Waals surface area contributed by atoms with Crippen LogP contribution in [0.1, 0.15) is 43.9 Å². The molecule has 1 saturated carbocycles. The SMILES string of the molecule is Cc1[c]nn(CC(C)C)c1C1CC1. The van der Waals surface area contributed by atoms with Crippen molar-refractivity contribution in [2.45, 2.75) is 46.1 Å². The van der Waals surface area contributed by atoms with Gasteiger partial charge in [-0.2, -0.15) is 5.10 Å². The number of rotatable bonds is 3. The molecule has 0 bridgehead atoms. The van der Waals surface area contributed by atoms with Crippen LogP contribution in [0.2, 0.25) is 0 Å². The van der Waals surface area contributed by atoms with Crippen LogP contribution in [0.25, 0.3) is 0 Å². The van der Waals surface area contributed by atoms with E-state index in [0.717, 1.165) is 12.5 Å². The number of aromatic nitrogens is 2. The van der Waals surface area contributed by atoms with Crippen LogP contribution in [0.15, 0.2) is 0 Å². The lowest BCUT2D eigenvalue weighted by Crippen LogP contribution is -2.09. The first-order valence-electron chi connectivity index (χ1n) is 5.13. The molecule has 2 heteroatoms. The molecule has 1 aromatic heterocycles. The summed E-state index contributed by atoms with van der Waals surface area (Å²) in [5.41, 5.74) is 2.69. The molecule has 0 N–H and O–H groups in total. The third-order valence-electron chi connectivity index (χ3n) is 2.50. The molecule has 1 aliphatic carbocycles. The first-order valence-corrected chi connectivity index (χ1v) is 5.13. The number of hydrogen-bond acceptors (Lipinski definition) is 1. The molecule has 1 radical (unpaired) electrons. The molecule has 1 heterocycles. The van der Waals surface area contributed by atoms with Gasteiger partial charge in [-0.05, 0) is 25.7 Å². The Balaban J connectivity index is 2.23. The van der Waals surface area contributed by atoms with Crippen molar-refractivity contribution in [2.24, 2.45) is 5.92 Å². The second-order valence-electron chi connectivity index (χ2n) is 4.47. The summed E-state index contributed by atoms with van der Waals surface area (Å²) in [6.45, 7) is 7.62. The van der Waals surface area contributed by atoms with E-state index in [1.807, 2.05) is 0 Å². The van der Waals surface area contributed by atoms with Gasteiger partial charge in [0.2, 0.25) is 0 Å². The standard InChI is InChI=1S/C11H17N2/c1-8(2)7-13-11(10-4-5-10)9(3)6-12-13/h8,10H,4-5,7H2,1-3H3. The Morgan fingerprint density at radius 2 is 2.23 bits per heavy atom. The van der Waals surface area contributed by atoms with Crippen LogP contribution in [0.5, 0.6) is 0 Å². The molecule has 2 rings (SSSR count). The molecule has 2 nitrogen and oxygen atoms in total. The number of aryl methyl sites for hydroxylation is 1. The smallest absolute Gasteiger partial charge is 0.116 e. The molecule has 0 aromatic carbocycles. The van der Waals surface area contributed by atoms with Crippen molar-refractivity contribution in [3.05, 3.63) is 17.5 Å². The van der Waals surface area contributed by atoms with Crippen LogP contribution in [-0.4, -0.2) is 9.78 Å². The lowest BCUT2D eigenvalue weighted by Gasteiger charge is -2.09. The van der Waals surface area contributed by atoms with Gasteiger partial charge in [0.1, 0.15) is 6.20 Å². The van der Waals surface area contributed by atoms with Gasteiger partial charge in [0, 0.05) is 23.7 Å². The van der Waals surface area contributed by atoms with Gasteiger partial charge in [0.25, 0.3) is 0 Å². The number of hydrogen-bond donors (Lipinski definition) is 0. The molecule has 0 amide bonds. The van der Waals surface area contributed by atoms with Gasteiger partial charge < -0.3 is 0 Å². The van der Waals surface area contributed by atoms with E-state index < -0.39 is 0 Å². The monoisotopic (exact) mass is 177 g/mol. The zero-order valence-electron chi connectivity index (χ0n) is 8.67. The minimum atomic E-state index is 0.671. The molecule has 1 fully saturated rings. The van der Waals surface area contributed by atoms with Crippen LogP contribution in [0, 0.1) is 19.0 Å². The van der Waals surface area contributed by atoms with Crippen LogP contribution in [0.4, 0.5) is 0 Å². The lowest BCUT2D eigenvalue weighted by atomic mass is 10.2. The average Bonchev–Trinajstić information content (AvgIpc) is 2.79. The summed E-state index contributed by atoms with van der Waals surface area (Å²) in [7, 11) is 0. The Hall–Kier alpha value is -0.790. The van der Waals surface area contributed by atoms with Crippen molar-refractivity contribution >= 4 is 0 Å². The predicted octanol–water partition coefficient (Wildman–Crippen LogP) is 2.53. The quantitative estimate of drug-likeness (QED) is 0.693. The van der Waals surface area contributed by atoms with Gasteiger partial charge >= 0.3 is 0 Å². The van der Waals surface area contributed by atoms with Crippen molar-refractivity contribution in [3.8, 4) is 0 Å². The van der Waals surface area contributed by atoms with Crippen LogP contribution in [0.3, 0.4) is 0 Å². The van der Waals surface area contributed by atoms with Crippen molar-refractivity contribution in [1.29, 1.82) is 0 Å². The highest BCUT2D eigenvalue weighted by atomic mass is 15.3. The highest BCUT2D eigenvalue weighted by Crippen LogP contribution is 2.41. The van der Waals surface area contributed by atoms with Crippen molar-refractivity contribution in [1.82, 2.24) is 9.78 Å². The minimum Gasteiger partial charge on any atom is -0.268 e. The molecule has 0 aliphatic heterocycles. The van der Waals surface area contributed by atoms with Gasteiger partial charge in [0.15, 0.2) is 0 Å². The fourth-order valence-electron chi connectivity index (χ4n) is 1.80. The number of nitrogens with zero attached hydrogens (tertiary/aromatic N) is 2. The summed E-state index contributed by atoms with van der Waals surface area (Å²) < 4.78 is 2.15. The zero-order valence-corrected chi connectivity index (χ0v) is 8.67. The molecule has 71 valence electrons. The van der Waals surface area contributed by atoms with Crippen molar-refractivity contribution in [3.63, 3.8) is 0 Å². The van der Waals surface area contributed by atoms with E-state index in [2.05, 4.69) is 36.7 Å². The largest absolute Gasteiger partial charge is 0.268 e. The third kappa shape index (κ3) is 1.77. The first kappa shape index (κ1) is 8.79. The molecule has 1 aliphatic rings. The molecule has 0 spiro atoms. The second-order valence-corrected chi connectivity index (χ2v) is 4.47. The fourth-order valence-corrected chi connectivity index (χ4v) is 1.80. The zero-order chi connectivity index (χ0) is 9.42. The van der Waals surface area contributed by atoms with E-state index in [1.165, 1.54) is 24.1 Å². The van der Waals surface area contributed by atoms with Gasteiger partial charge in [-0.1, -0.05) is 13.8 Å². The molecule has 0 unspecified atom stereocenters. The Labute approximate surface area is 80.0 Å². The Bertz CT molecular complexity index is 295. The fraction of sp³-hybridized carbons (Fsp3) is 0.727. The van der Waals surface area contributed by atoms with Gasteiger partial charge in [0.05, 0.1) is 0 Å². The van der Waals surface area contributed by atoms with Gasteiger partial charge in [-0.3, -0.25) is 4.68 Å². The molecule has 1 aromatic rings. The van der Waals surface area contributed by atoms with E-state index in [9.17, 15) is 0 Å². The molecule has 0 saturated heterocycles. The van der Waals surface area contributed by atoms with Crippen LogP contribution in [-0.2, 0) is 6.54 Å². The summed E-state index contributed by atoms with van der Waals surface area (Å²) in [6, 6.07) is 0. The maximum Gasteiger partial charge on any atom is 0.116 e. The Morgan fingerprint density at radius 1 is 1.54 bits per heavy atom. The Kier molecular flexibility index (Phi) is 2.14. The van der Waals surface area contributed by atoms with Crippen molar-refractivity contribution in [2.75, 3.05) is 0 Å². The van der Waals surface area contributed by atoms with Crippen molar-refractivity contribution < 1.29 is 0 Å². The summed E-state index contributed by atoms with van der Waals surface area (Å²) in [5.74, 6) is 1.46. The lowest BCUT2D eigenvalue weighted by molar-refractivity contribution is 0.468.